The highest BCUT2D eigenvalue weighted by Gasteiger charge is 2.20. The zero-order valence-electron chi connectivity index (χ0n) is 23.3. The zero-order chi connectivity index (χ0) is 29.2. The van der Waals surface area contributed by atoms with Crippen LogP contribution in [0.3, 0.4) is 0 Å². The highest BCUT2D eigenvalue weighted by Crippen LogP contribution is 2.33. The first-order chi connectivity index (χ1) is 20.4. The molecule has 1 aromatic carbocycles. The number of aliphatic hydroxyl groups excluding tert-OH is 1. The summed E-state index contributed by atoms with van der Waals surface area (Å²) in [5.41, 5.74) is 3.32. The fourth-order valence-electron chi connectivity index (χ4n) is 4.87. The molecular weight excluding hydrogens is 534 g/mol. The predicted octanol–water partition coefficient (Wildman–Crippen LogP) is 4.71. The van der Waals surface area contributed by atoms with E-state index in [1.54, 1.807) is 60.7 Å². The van der Waals surface area contributed by atoms with Crippen LogP contribution in [0, 0.1) is 0 Å². The normalized spacial score (nSPS) is 12.1. The fourth-order valence-corrected chi connectivity index (χ4v) is 4.87. The second kappa shape index (κ2) is 11.3. The van der Waals surface area contributed by atoms with Gasteiger partial charge < -0.3 is 20.3 Å². The van der Waals surface area contributed by atoms with Crippen LogP contribution in [0.25, 0.3) is 33.9 Å². The van der Waals surface area contributed by atoms with E-state index in [4.69, 9.17) is 9.51 Å². The molecule has 5 aromatic heterocycles. The molecule has 0 radical (unpaired) electrons. The van der Waals surface area contributed by atoms with Crippen LogP contribution in [0.2, 0.25) is 0 Å². The SMILES string of the molecule is CC(C)n1c2nc(Nc3cc(N[C@H](CO)c4ccccc4)c(-c4nc(-c5ccncc5)no4)cn3)ccc2c(=O)n1C. The van der Waals surface area contributed by atoms with Gasteiger partial charge in [-0.3, -0.25) is 19.1 Å². The first kappa shape index (κ1) is 26.8. The third kappa shape index (κ3) is 5.10. The Morgan fingerprint density at radius 1 is 1.00 bits per heavy atom. The lowest BCUT2D eigenvalue weighted by atomic mass is 10.1. The number of hydrogen-bond donors (Lipinski definition) is 3. The van der Waals surface area contributed by atoms with Gasteiger partial charge in [-0.05, 0) is 43.7 Å². The van der Waals surface area contributed by atoms with Crippen LogP contribution in [0.4, 0.5) is 17.3 Å². The molecular formula is C30H29N9O3. The minimum Gasteiger partial charge on any atom is -0.394 e. The minimum atomic E-state index is -0.415. The summed E-state index contributed by atoms with van der Waals surface area (Å²) in [6.07, 6.45) is 4.94. The molecule has 0 saturated heterocycles. The molecule has 42 heavy (non-hydrogen) atoms. The van der Waals surface area contributed by atoms with Crippen LogP contribution in [0.5, 0.6) is 0 Å². The molecule has 6 aromatic rings. The molecule has 0 spiro atoms. The van der Waals surface area contributed by atoms with E-state index in [2.05, 4.69) is 30.7 Å². The number of hydrogen-bond acceptors (Lipinski definition) is 10. The van der Waals surface area contributed by atoms with Crippen molar-refractivity contribution in [2.75, 3.05) is 17.2 Å². The van der Waals surface area contributed by atoms with Crippen molar-refractivity contribution in [2.24, 2.45) is 7.05 Å². The van der Waals surface area contributed by atoms with Crippen LogP contribution in [-0.4, -0.2) is 46.2 Å². The number of nitrogens with zero attached hydrogens (tertiary/aromatic N) is 7. The molecule has 212 valence electrons. The molecule has 0 amide bonds. The number of anilines is 3. The van der Waals surface area contributed by atoms with E-state index in [0.717, 1.165) is 11.1 Å². The molecule has 0 bridgehead atoms. The molecule has 0 aliphatic carbocycles. The maximum absolute atomic E-state index is 12.7. The summed E-state index contributed by atoms with van der Waals surface area (Å²) in [7, 11) is 1.73. The van der Waals surface area contributed by atoms with Gasteiger partial charge >= 0.3 is 0 Å². The summed E-state index contributed by atoms with van der Waals surface area (Å²) in [6, 6.07) is 18.2. The molecule has 5 heterocycles. The first-order valence-corrected chi connectivity index (χ1v) is 13.4. The van der Waals surface area contributed by atoms with Crippen molar-refractivity contribution in [3.8, 4) is 22.8 Å². The van der Waals surface area contributed by atoms with Crippen LogP contribution < -0.4 is 16.2 Å². The van der Waals surface area contributed by atoms with E-state index in [1.165, 1.54) is 0 Å². The second-order valence-corrected chi connectivity index (χ2v) is 10.0. The van der Waals surface area contributed by atoms with E-state index in [-0.39, 0.29) is 24.1 Å². The number of benzene rings is 1. The number of nitrogens with one attached hydrogen (secondary N) is 2. The van der Waals surface area contributed by atoms with Crippen LogP contribution in [0.15, 0.2) is 88.6 Å². The van der Waals surface area contributed by atoms with Crippen LogP contribution in [0.1, 0.15) is 31.5 Å². The molecule has 12 heteroatoms. The Labute approximate surface area is 240 Å². The van der Waals surface area contributed by atoms with Gasteiger partial charge in [-0.1, -0.05) is 35.5 Å². The average molecular weight is 564 g/mol. The predicted molar refractivity (Wildman–Crippen MR) is 159 cm³/mol. The van der Waals surface area contributed by atoms with Gasteiger partial charge in [-0.2, -0.15) is 4.98 Å². The van der Waals surface area contributed by atoms with E-state index < -0.39 is 6.04 Å². The van der Waals surface area contributed by atoms with Gasteiger partial charge in [0.15, 0.2) is 5.65 Å². The van der Waals surface area contributed by atoms with Gasteiger partial charge in [0.05, 0.1) is 29.3 Å². The summed E-state index contributed by atoms with van der Waals surface area (Å²) in [4.78, 5) is 30.6. The highest BCUT2D eigenvalue weighted by atomic mass is 16.5. The first-order valence-electron chi connectivity index (χ1n) is 13.4. The Hall–Kier alpha value is -5.36. The summed E-state index contributed by atoms with van der Waals surface area (Å²) >= 11 is 0. The lowest BCUT2D eigenvalue weighted by Gasteiger charge is -2.20. The van der Waals surface area contributed by atoms with E-state index >= 15 is 0 Å². The number of aromatic nitrogens is 7. The van der Waals surface area contributed by atoms with Gasteiger partial charge in [0.25, 0.3) is 11.4 Å². The van der Waals surface area contributed by atoms with Gasteiger partial charge in [-0.15, -0.1) is 0 Å². The molecule has 0 fully saturated rings. The lowest BCUT2D eigenvalue weighted by Crippen LogP contribution is -2.20. The Balaban J connectivity index is 1.39. The zero-order valence-corrected chi connectivity index (χ0v) is 23.3. The van der Waals surface area contributed by atoms with Crippen molar-refractivity contribution in [1.82, 2.24) is 34.5 Å². The van der Waals surface area contributed by atoms with E-state index in [1.807, 2.05) is 48.9 Å². The van der Waals surface area contributed by atoms with Crippen LogP contribution in [-0.2, 0) is 7.05 Å². The molecule has 3 N–H and O–H groups in total. The van der Waals surface area contributed by atoms with E-state index in [9.17, 15) is 9.90 Å². The van der Waals surface area contributed by atoms with Crippen molar-refractivity contribution >= 4 is 28.4 Å². The lowest BCUT2D eigenvalue weighted by molar-refractivity contribution is 0.276. The molecule has 0 aliphatic heterocycles. The summed E-state index contributed by atoms with van der Waals surface area (Å²) in [5, 5.41) is 21.6. The second-order valence-electron chi connectivity index (χ2n) is 10.0. The van der Waals surface area contributed by atoms with Crippen molar-refractivity contribution in [3.63, 3.8) is 0 Å². The maximum atomic E-state index is 12.7. The molecule has 0 saturated carbocycles. The number of aliphatic hydroxyl groups is 1. The fraction of sp³-hybridized carbons (Fsp3) is 0.200. The van der Waals surface area contributed by atoms with Gasteiger partial charge in [-0.25, -0.2) is 9.97 Å². The van der Waals surface area contributed by atoms with Crippen molar-refractivity contribution in [1.29, 1.82) is 0 Å². The van der Waals surface area contributed by atoms with Gasteiger partial charge in [0, 0.05) is 43.3 Å². The van der Waals surface area contributed by atoms with Crippen LogP contribution >= 0.6 is 0 Å². The topological polar surface area (TPSA) is 149 Å². The molecule has 0 unspecified atom stereocenters. The highest BCUT2D eigenvalue weighted by molar-refractivity contribution is 5.79. The summed E-state index contributed by atoms with van der Waals surface area (Å²) in [5.74, 6) is 1.69. The minimum absolute atomic E-state index is 0.0380. The number of rotatable bonds is 9. The third-order valence-corrected chi connectivity index (χ3v) is 6.90. The average Bonchev–Trinajstić information content (AvgIpc) is 3.60. The summed E-state index contributed by atoms with van der Waals surface area (Å²) in [6.45, 7) is 3.85. The smallest absolute Gasteiger partial charge is 0.275 e. The largest absolute Gasteiger partial charge is 0.394 e. The molecule has 0 aliphatic rings. The summed E-state index contributed by atoms with van der Waals surface area (Å²) < 4.78 is 9.06. The Bertz CT molecular complexity index is 1900. The Morgan fingerprint density at radius 3 is 2.52 bits per heavy atom. The van der Waals surface area contributed by atoms with Crippen molar-refractivity contribution in [3.05, 3.63) is 95.2 Å². The van der Waals surface area contributed by atoms with Crippen molar-refractivity contribution in [2.45, 2.75) is 25.9 Å². The van der Waals surface area contributed by atoms with Crippen molar-refractivity contribution < 1.29 is 9.63 Å². The maximum Gasteiger partial charge on any atom is 0.275 e. The van der Waals surface area contributed by atoms with Gasteiger partial charge in [0.2, 0.25) is 5.82 Å². The Kier molecular flexibility index (Phi) is 7.19. The molecule has 12 nitrogen and oxygen atoms in total. The molecule has 1 atom stereocenters. The number of pyridine rings is 3. The van der Waals surface area contributed by atoms with E-state index in [0.29, 0.717) is 39.7 Å². The quantitative estimate of drug-likeness (QED) is 0.226. The number of fused-ring (bicyclic) bond motifs is 1. The van der Waals surface area contributed by atoms with Gasteiger partial charge in [0.1, 0.15) is 11.6 Å². The molecule has 6 rings (SSSR count). The monoisotopic (exact) mass is 563 g/mol. The standard InChI is InChI=1S/C30H29N9O3/c1-18(2)39-28-21(30(41)38(39)3)9-10-25(35-28)34-26-15-23(33-24(17-40)19-7-5-4-6-8-19)22(16-32-26)29-36-27(37-42-29)20-11-13-31-14-12-20/h4-16,18,24,40H,17H2,1-3H3,(H2,32,33,34,35)/t24-/m1/s1. The third-order valence-electron chi connectivity index (χ3n) is 6.90. The Morgan fingerprint density at radius 2 is 1.79 bits per heavy atom.